The van der Waals surface area contributed by atoms with Gasteiger partial charge >= 0.3 is 6.18 Å². The Balaban J connectivity index is 1.47. The van der Waals surface area contributed by atoms with Crippen LogP contribution in [-0.4, -0.2) is 57.5 Å². The second-order valence-corrected chi connectivity index (χ2v) is 10.8. The van der Waals surface area contributed by atoms with E-state index in [0.29, 0.717) is 5.69 Å². The van der Waals surface area contributed by atoms with E-state index < -0.39 is 54.8 Å². The van der Waals surface area contributed by atoms with Crippen LogP contribution >= 0.6 is 0 Å². The maximum Gasteiger partial charge on any atom is 0.410 e. The highest BCUT2D eigenvalue weighted by molar-refractivity contribution is 6.01. The molecule has 1 aromatic carbocycles. The molecular formula is C27H33F4N5O4. The Hall–Kier alpha value is -3.48. The van der Waals surface area contributed by atoms with Crippen molar-refractivity contribution in [3.63, 3.8) is 0 Å². The summed E-state index contributed by atoms with van der Waals surface area (Å²) in [7, 11) is 0. The zero-order valence-electron chi connectivity index (χ0n) is 22.2. The van der Waals surface area contributed by atoms with Gasteiger partial charge in [0, 0.05) is 12.2 Å². The molecule has 2 aliphatic carbocycles. The molecule has 0 spiro atoms. The Kier molecular flexibility index (Phi) is 8.81. The summed E-state index contributed by atoms with van der Waals surface area (Å²) < 4.78 is 54.9. The molecule has 218 valence electrons. The minimum absolute atomic E-state index is 0.0764. The van der Waals surface area contributed by atoms with Crippen molar-refractivity contribution in [2.24, 2.45) is 17.8 Å². The number of benzene rings is 1. The van der Waals surface area contributed by atoms with Gasteiger partial charge in [-0.1, -0.05) is 6.07 Å². The molecule has 9 nitrogen and oxygen atoms in total. The third-order valence-corrected chi connectivity index (χ3v) is 7.25. The minimum Gasteiger partial charge on any atom is -0.394 e. The molecule has 0 bridgehead atoms. The van der Waals surface area contributed by atoms with Crippen LogP contribution in [0.5, 0.6) is 0 Å². The average Bonchev–Trinajstić information content (AvgIpc) is 3.82. The van der Waals surface area contributed by atoms with Gasteiger partial charge in [0.25, 0.3) is 5.91 Å². The van der Waals surface area contributed by atoms with E-state index in [0.717, 1.165) is 31.7 Å². The monoisotopic (exact) mass is 567 g/mol. The predicted molar refractivity (Wildman–Crippen MR) is 137 cm³/mol. The number of aliphatic hydroxyl groups is 1. The Morgan fingerprint density at radius 2 is 1.73 bits per heavy atom. The summed E-state index contributed by atoms with van der Waals surface area (Å²) in [6.45, 7) is 2.43. The van der Waals surface area contributed by atoms with Crippen molar-refractivity contribution in [3.8, 4) is 0 Å². The molecule has 1 heterocycles. The van der Waals surface area contributed by atoms with Crippen molar-refractivity contribution >= 4 is 23.4 Å². The number of carbonyl (C=O) groups is 3. The first-order valence-electron chi connectivity index (χ1n) is 13.3. The van der Waals surface area contributed by atoms with Gasteiger partial charge in [-0.3, -0.25) is 19.1 Å². The van der Waals surface area contributed by atoms with Crippen LogP contribution in [0, 0.1) is 23.6 Å². The van der Waals surface area contributed by atoms with Crippen LogP contribution in [0.3, 0.4) is 0 Å². The van der Waals surface area contributed by atoms with E-state index in [4.69, 9.17) is 5.11 Å². The van der Waals surface area contributed by atoms with E-state index in [1.807, 2.05) is 13.8 Å². The molecule has 2 saturated carbocycles. The van der Waals surface area contributed by atoms with Crippen LogP contribution in [0.4, 0.5) is 23.2 Å². The Morgan fingerprint density at radius 3 is 2.25 bits per heavy atom. The van der Waals surface area contributed by atoms with Crippen molar-refractivity contribution in [2.75, 3.05) is 11.9 Å². The van der Waals surface area contributed by atoms with Crippen molar-refractivity contribution in [1.82, 2.24) is 20.4 Å². The number of nitrogens with one attached hydrogen (secondary N) is 3. The Labute approximate surface area is 228 Å². The van der Waals surface area contributed by atoms with E-state index in [1.54, 1.807) is 16.1 Å². The first-order valence-corrected chi connectivity index (χ1v) is 13.3. The number of carbonyl (C=O) groups excluding carboxylic acids is 3. The smallest absolute Gasteiger partial charge is 0.394 e. The molecule has 40 heavy (non-hydrogen) atoms. The maximum atomic E-state index is 14.9. The standard InChI is InChI=1S/C27H33F4N5O4/c1-14(2)36-20(9-10-32-36)25(39)35-24(23(16-4-5-16)17-6-7-17)26(40)33-19-8-3-15(11-18(19)28)12-22(38)34-21(13-37)27(29,30)31/h3,8-11,14,16-17,21,23-24,37H,4-7,12-13H2,1-2H3,(H,33,40)(H,34,38)(H,35,39). The van der Waals surface area contributed by atoms with Crippen LogP contribution in [0.25, 0.3) is 0 Å². The van der Waals surface area contributed by atoms with Crippen molar-refractivity contribution in [2.45, 2.75) is 70.3 Å². The maximum absolute atomic E-state index is 14.9. The average molecular weight is 568 g/mol. The lowest BCUT2D eigenvalue weighted by Crippen LogP contribution is -2.50. The first-order chi connectivity index (χ1) is 18.9. The first kappa shape index (κ1) is 29.5. The number of amides is 3. The highest BCUT2D eigenvalue weighted by Gasteiger charge is 2.48. The molecular weight excluding hydrogens is 534 g/mol. The van der Waals surface area contributed by atoms with E-state index in [2.05, 4.69) is 15.7 Å². The molecule has 0 aliphatic heterocycles. The van der Waals surface area contributed by atoms with Crippen LogP contribution in [0.1, 0.15) is 61.6 Å². The molecule has 2 fully saturated rings. The largest absolute Gasteiger partial charge is 0.410 e. The van der Waals surface area contributed by atoms with Crippen molar-refractivity contribution in [1.29, 1.82) is 0 Å². The van der Waals surface area contributed by atoms with Gasteiger partial charge in [0.05, 0.1) is 18.7 Å². The van der Waals surface area contributed by atoms with Gasteiger partial charge in [-0.15, -0.1) is 0 Å². The summed E-state index contributed by atoms with van der Waals surface area (Å²) in [6, 6.07) is 1.63. The molecule has 2 unspecified atom stereocenters. The van der Waals surface area contributed by atoms with E-state index in [9.17, 15) is 31.9 Å². The molecule has 0 saturated heterocycles. The fourth-order valence-electron chi connectivity index (χ4n) is 4.99. The molecule has 0 radical (unpaired) electrons. The molecule has 2 aromatic rings. The fraction of sp³-hybridized carbons (Fsp3) is 0.556. The fourth-order valence-corrected chi connectivity index (χ4v) is 4.99. The lowest BCUT2D eigenvalue weighted by Gasteiger charge is -2.28. The van der Waals surface area contributed by atoms with Crippen molar-refractivity contribution in [3.05, 3.63) is 47.5 Å². The number of aliphatic hydroxyl groups excluding tert-OH is 1. The zero-order valence-corrected chi connectivity index (χ0v) is 22.2. The van der Waals surface area contributed by atoms with Crippen LogP contribution in [0.2, 0.25) is 0 Å². The summed E-state index contributed by atoms with van der Waals surface area (Å²) >= 11 is 0. The van der Waals surface area contributed by atoms with Crippen LogP contribution in [-0.2, 0) is 16.0 Å². The summed E-state index contributed by atoms with van der Waals surface area (Å²) in [5.41, 5.74) is 0.197. The Bertz CT molecular complexity index is 1230. The minimum atomic E-state index is -4.83. The van der Waals surface area contributed by atoms with Gasteiger partial charge in [0.15, 0.2) is 0 Å². The molecule has 4 N–H and O–H groups in total. The molecule has 1 aromatic heterocycles. The summed E-state index contributed by atoms with van der Waals surface area (Å²) in [6.07, 6.45) is -0.104. The number of hydrogen-bond acceptors (Lipinski definition) is 5. The summed E-state index contributed by atoms with van der Waals surface area (Å²) in [5, 5.41) is 20.2. The Morgan fingerprint density at radius 1 is 1.07 bits per heavy atom. The van der Waals surface area contributed by atoms with E-state index in [1.165, 1.54) is 18.3 Å². The number of hydrogen-bond donors (Lipinski definition) is 4. The van der Waals surface area contributed by atoms with E-state index >= 15 is 0 Å². The lowest BCUT2D eigenvalue weighted by atomic mass is 9.88. The van der Waals surface area contributed by atoms with Crippen molar-refractivity contribution < 1.29 is 37.1 Å². The third-order valence-electron chi connectivity index (χ3n) is 7.25. The molecule has 3 amide bonds. The van der Waals surface area contributed by atoms with Gasteiger partial charge < -0.3 is 21.1 Å². The summed E-state index contributed by atoms with van der Waals surface area (Å²) in [5.74, 6) is -2.50. The third kappa shape index (κ3) is 7.18. The normalized spacial score (nSPS) is 17.0. The second-order valence-electron chi connectivity index (χ2n) is 10.8. The number of aromatic nitrogens is 2. The number of halogens is 4. The second kappa shape index (κ2) is 11.9. The van der Waals surface area contributed by atoms with E-state index in [-0.39, 0.29) is 35.0 Å². The lowest BCUT2D eigenvalue weighted by molar-refractivity contribution is -0.168. The molecule has 2 atom stereocenters. The van der Waals surface area contributed by atoms with Gasteiger partial charge in [0.2, 0.25) is 11.8 Å². The zero-order chi connectivity index (χ0) is 29.2. The number of anilines is 1. The number of rotatable bonds is 12. The molecule has 2 aliphatic rings. The highest BCUT2D eigenvalue weighted by Crippen LogP contribution is 2.51. The van der Waals surface area contributed by atoms with Gasteiger partial charge in [-0.05, 0) is 81.0 Å². The van der Waals surface area contributed by atoms with Crippen LogP contribution < -0.4 is 16.0 Å². The van der Waals surface area contributed by atoms with Gasteiger partial charge in [-0.2, -0.15) is 18.3 Å². The SMILES string of the molecule is CC(C)n1nccc1C(=O)NC(C(=O)Nc1ccc(CC(=O)NC(CO)C(F)(F)F)cc1F)C(C1CC1)C1CC1. The predicted octanol–water partition coefficient (Wildman–Crippen LogP) is 3.36. The molecule has 13 heteroatoms. The van der Waals surface area contributed by atoms with Crippen LogP contribution in [0.15, 0.2) is 30.5 Å². The topological polar surface area (TPSA) is 125 Å². The summed E-state index contributed by atoms with van der Waals surface area (Å²) in [4.78, 5) is 38.7. The van der Waals surface area contributed by atoms with Gasteiger partial charge in [0.1, 0.15) is 23.6 Å². The highest BCUT2D eigenvalue weighted by atomic mass is 19.4. The number of nitrogens with zero attached hydrogens (tertiary/aromatic N) is 2. The molecule has 4 rings (SSSR count). The van der Waals surface area contributed by atoms with Gasteiger partial charge in [-0.25, -0.2) is 4.39 Å². The quantitative estimate of drug-likeness (QED) is 0.293. The number of alkyl halides is 3.